The molecule has 0 fully saturated rings. The summed E-state index contributed by atoms with van der Waals surface area (Å²) in [6, 6.07) is 113. The van der Waals surface area contributed by atoms with Gasteiger partial charge in [-0.05, 0) is 191 Å². The fourth-order valence-electron chi connectivity index (χ4n) is 16.1. The number of nitrogens with zero attached hydrogens (tertiary/aromatic N) is 4. The summed E-state index contributed by atoms with van der Waals surface area (Å²) in [5.41, 5.74) is 19.1. The van der Waals surface area contributed by atoms with Crippen LogP contribution in [-0.4, -0.2) is 9.13 Å². The van der Waals surface area contributed by atoms with E-state index in [4.69, 9.17) is 17.7 Å². The molecule has 0 aliphatic rings. The third kappa shape index (κ3) is 7.76. The molecule has 0 unspecified atom stereocenters. The fourth-order valence-corrected chi connectivity index (χ4v) is 16.1. The maximum Gasteiger partial charge on any atom is 0.143 e. The van der Waals surface area contributed by atoms with Crippen LogP contribution in [0.1, 0.15) is 0 Å². The first kappa shape index (κ1) is 53.1. The number of aromatic nitrogens is 2. The van der Waals surface area contributed by atoms with Crippen LogP contribution in [0.25, 0.3) is 175 Å². The minimum Gasteiger partial charge on any atom is -0.456 e. The number of hydrogen-bond donors (Lipinski definition) is 0. The van der Waals surface area contributed by atoms with Crippen molar-refractivity contribution in [2.45, 2.75) is 0 Å². The Balaban J connectivity index is 0.690. The topological polar surface area (TPSA) is 68.9 Å². The summed E-state index contributed by atoms with van der Waals surface area (Å²) < 4.78 is 32.6. The largest absolute Gasteiger partial charge is 0.456 e. The van der Waals surface area contributed by atoms with Crippen molar-refractivity contribution in [3.05, 3.63) is 315 Å². The van der Waals surface area contributed by atoms with Crippen molar-refractivity contribution in [1.82, 2.24) is 9.13 Å². The average molecular weight is 1250 g/mol. The Morgan fingerprint density at radius 1 is 0.184 bits per heavy atom. The van der Waals surface area contributed by atoms with E-state index in [0.29, 0.717) is 0 Å². The zero-order chi connectivity index (χ0) is 63.8. The molecule has 0 atom stereocenters. The molecule has 16 aromatic carbocycles. The number of benzene rings is 16. The zero-order valence-electron chi connectivity index (χ0n) is 52.4. The van der Waals surface area contributed by atoms with Crippen LogP contribution in [0.2, 0.25) is 0 Å². The smallest absolute Gasteiger partial charge is 0.143 e. The molecule has 456 valence electrons. The molecule has 6 aromatic heterocycles. The van der Waals surface area contributed by atoms with Gasteiger partial charge in [0.05, 0.1) is 22.1 Å². The zero-order valence-corrected chi connectivity index (χ0v) is 52.4. The predicted octanol–water partition coefficient (Wildman–Crippen LogP) is 25.9. The van der Waals surface area contributed by atoms with E-state index in [2.05, 4.69) is 334 Å². The molecule has 22 aromatic rings. The average Bonchev–Trinajstić information content (AvgIpc) is 1.61. The molecule has 8 heteroatoms. The summed E-state index contributed by atoms with van der Waals surface area (Å²) in [4.78, 5) is 4.66. The molecule has 0 saturated heterocycles. The Morgan fingerprint density at radius 2 is 0.469 bits per heavy atom. The van der Waals surface area contributed by atoms with E-state index in [1.807, 2.05) is 0 Å². The SMILES string of the molecule is c1ccc(-n2c3ccccc3c3cc(N(c4ccc5c(c4)oc4cc6ccccc6cc45)c4ccc5c(c4)oc4c5ccc5c4ccc4c6ccc(N(c7ccc8c(c7)oc7cc9ccccc9cc78)c7ccc8c(c7)c7ccccc7n8-c7ccccc7)cc6oc45)ccc32)cc1. The van der Waals surface area contributed by atoms with E-state index in [-0.39, 0.29) is 0 Å². The van der Waals surface area contributed by atoms with Crippen LogP contribution in [0.5, 0.6) is 0 Å². The molecular weight excluding hydrogens is 1200 g/mol. The minimum atomic E-state index is 0.778. The number of para-hydroxylation sites is 4. The number of hydrogen-bond acceptors (Lipinski definition) is 6. The molecule has 0 bridgehead atoms. The Hall–Kier alpha value is -13.3. The van der Waals surface area contributed by atoms with E-state index in [0.717, 1.165) is 188 Å². The first-order valence-corrected chi connectivity index (χ1v) is 33.3. The van der Waals surface area contributed by atoms with Crippen LogP contribution in [0, 0.1) is 0 Å². The van der Waals surface area contributed by atoms with E-state index in [1.165, 1.54) is 21.5 Å². The Bertz CT molecular complexity index is 6720. The van der Waals surface area contributed by atoms with Crippen LogP contribution in [0.4, 0.5) is 34.1 Å². The molecule has 0 N–H and O–H groups in total. The van der Waals surface area contributed by atoms with Gasteiger partial charge in [0.15, 0.2) is 0 Å². The van der Waals surface area contributed by atoms with Gasteiger partial charge in [0.25, 0.3) is 0 Å². The first-order valence-electron chi connectivity index (χ1n) is 33.3. The van der Waals surface area contributed by atoms with Gasteiger partial charge in [0.2, 0.25) is 0 Å². The molecular formula is C90H52N4O4. The highest BCUT2D eigenvalue weighted by atomic mass is 16.3. The summed E-state index contributed by atoms with van der Waals surface area (Å²) >= 11 is 0. The van der Waals surface area contributed by atoms with Gasteiger partial charge >= 0.3 is 0 Å². The van der Waals surface area contributed by atoms with Gasteiger partial charge in [-0.1, -0.05) is 121 Å². The van der Waals surface area contributed by atoms with Crippen molar-refractivity contribution in [3.8, 4) is 11.4 Å². The lowest BCUT2D eigenvalue weighted by Crippen LogP contribution is -2.09. The predicted molar refractivity (Wildman–Crippen MR) is 406 cm³/mol. The van der Waals surface area contributed by atoms with Crippen LogP contribution < -0.4 is 9.80 Å². The Labute approximate surface area is 558 Å². The molecule has 0 saturated carbocycles. The van der Waals surface area contributed by atoms with Crippen molar-refractivity contribution in [2.75, 3.05) is 9.80 Å². The molecule has 0 amide bonds. The maximum absolute atomic E-state index is 7.18. The van der Waals surface area contributed by atoms with Gasteiger partial charge in [-0.2, -0.15) is 0 Å². The van der Waals surface area contributed by atoms with Crippen molar-refractivity contribution < 1.29 is 17.7 Å². The molecule has 0 aliphatic carbocycles. The van der Waals surface area contributed by atoms with Gasteiger partial charge < -0.3 is 36.6 Å². The minimum absolute atomic E-state index is 0.778. The third-order valence-electron chi connectivity index (χ3n) is 20.6. The van der Waals surface area contributed by atoms with E-state index >= 15 is 0 Å². The molecule has 0 aliphatic heterocycles. The van der Waals surface area contributed by atoms with Gasteiger partial charge in [-0.3, -0.25) is 0 Å². The van der Waals surface area contributed by atoms with E-state index in [1.54, 1.807) is 0 Å². The number of rotatable bonds is 8. The van der Waals surface area contributed by atoms with Crippen molar-refractivity contribution >= 4 is 198 Å². The van der Waals surface area contributed by atoms with Gasteiger partial charge in [-0.15, -0.1) is 0 Å². The summed E-state index contributed by atoms with van der Waals surface area (Å²) in [6.07, 6.45) is 0. The Morgan fingerprint density at radius 3 is 0.878 bits per heavy atom. The Kier molecular flexibility index (Phi) is 10.9. The standard InChI is InChI=1S/C90H52N4O4/c1-3-19-57(20-4-1)93-79-25-13-11-23-65(79)75-47-59(31-41-81(75)93)91(61-29-35-69-77-43-53-15-7-9-17-55(53)45-83(77)95-85(69)49-61)63-27-33-67-71-37-39-74-73(89(71)97-87(67)51-63)40-38-72-68-34-28-64(52-88(68)98-90(72)74)92(62-30-36-70-78-44-54-16-8-10-18-56(54)46-84(78)96-86(70)50-62)60-32-42-82-76(48-60)66-24-12-14-26-80(66)94(82)58-21-5-2-6-22-58/h1-52H. The summed E-state index contributed by atoms with van der Waals surface area (Å²) in [6.45, 7) is 0. The lowest BCUT2D eigenvalue weighted by Gasteiger charge is -2.25. The molecule has 22 rings (SSSR count). The number of anilines is 6. The second kappa shape index (κ2) is 20.1. The van der Waals surface area contributed by atoms with Crippen LogP contribution in [-0.2, 0) is 0 Å². The second-order valence-electron chi connectivity index (χ2n) is 26.0. The van der Waals surface area contributed by atoms with Gasteiger partial charge in [0.1, 0.15) is 44.7 Å². The quantitative estimate of drug-likeness (QED) is 0.151. The van der Waals surface area contributed by atoms with Gasteiger partial charge in [0, 0.05) is 145 Å². The van der Waals surface area contributed by atoms with E-state index in [9.17, 15) is 0 Å². The second-order valence-corrected chi connectivity index (χ2v) is 26.0. The highest BCUT2D eigenvalue weighted by Crippen LogP contribution is 2.48. The van der Waals surface area contributed by atoms with Crippen molar-refractivity contribution in [2.24, 2.45) is 0 Å². The monoisotopic (exact) mass is 1250 g/mol. The summed E-state index contributed by atoms with van der Waals surface area (Å²) in [5, 5.41) is 19.7. The fraction of sp³-hybridized carbons (Fsp3) is 0. The molecule has 0 spiro atoms. The molecule has 98 heavy (non-hydrogen) atoms. The molecule has 6 heterocycles. The third-order valence-corrected chi connectivity index (χ3v) is 20.6. The lowest BCUT2D eigenvalue weighted by atomic mass is 10.0. The highest BCUT2D eigenvalue weighted by Gasteiger charge is 2.25. The number of furan rings is 4. The maximum atomic E-state index is 7.18. The lowest BCUT2D eigenvalue weighted by molar-refractivity contribution is 0.669. The molecule has 8 nitrogen and oxygen atoms in total. The first-order chi connectivity index (χ1) is 48.5. The van der Waals surface area contributed by atoms with Gasteiger partial charge in [-0.25, -0.2) is 0 Å². The summed E-state index contributed by atoms with van der Waals surface area (Å²) in [7, 11) is 0. The van der Waals surface area contributed by atoms with Crippen molar-refractivity contribution in [3.63, 3.8) is 0 Å². The van der Waals surface area contributed by atoms with E-state index < -0.39 is 0 Å². The number of fused-ring (bicyclic) bond motifs is 23. The normalized spacial score (nSPS) is 12.3. The highest BCUT2D eigenvalue weighted by molar-refractivity contribution is 6.24. The van der Waals surface area contributed by atoms with Crippen molar-refractivity contribution in [1.29, 1.82) is 0 Å². The molecule has 0 radical (unpaired) electrons. The van der Waals surface area contributed by atoms with Crippen LogP contribution in [0.3, 0.4) is 0 Å². The van der Waals surface area contributed by atoms with Crippen LogP contribution >= 0.6 is 0 Å². The summed E-state index contributed by atoms with van der Waals surface area (Å²) in [5.74, 6) is 0. The van der Waals surface area contributed by atoms with Crippen LogP contribution in [0.15, 0.2) is 333 Å².